The van der Waals surface area contributed by atoms with Crippen LogP contribution in [0, 0.1) is 11.8 Å². The molecule has 0 heterocycles. The second-order valence-electron chi connectivity index (χ2n) is 3.36. The van der Waals surface area contributed by atoms with Gasteiger partial charge in [0.1, 0.15) is 0 Å². The molecule has 72 valence electrons. The van der Waals surface area contributed by atoms with E-state index in [2.05, 4.69) is 48.8 Å². The van der Waals surface area contributed by atoms with E-state index in [0.29, 0.717) is 0 Å². The molecule has 0 unspecified atom stereocenters. The molecular formula is C15H12. The van der Waals surface area contributed by atoms with Gasteiger partial charge in [-0.2, -0.15) is 0 Å². The van der Waals surface area contributed by atoms with Crippen molar-refractivity contribution in [2.24, 2.45) is 0 Å². The predicted octanol–water partition coefficient (Wildman–Crippen LogP) is 3.77. The molecule has 2 aromatic rings. The molecule has 0 aliphatic carbocycles. The Labute approximate surface area is 90.2 Å². The molecule has 0 saturated heterocycles. The highest BCUT2D eigenvalue weighted by atomic mass is 14.0. The number of rotatable bonds is 1. The monoisotopic (exact) mass is 192 g/mol. The van der Waals surface area contributed by atoms with Crippen molar-refractivity contribution in [1.29, 1.82) is 0 Å². The molecule has 0 spiro atoms. The predicted molar refractivity (Wildman–Crippen MR) is 65.6 cm³/mol. The fourth-order valence-electron chi connectivity index (χ4n) is 1.49. The van der Waals surface area contributed by atoms with Gasteiger partial charge in [-0.05, 0) is 22.9 Å². The maximum absolute atomic E-state index is 3.64. The highest BCUT2D eigenvalue weighted by molar-refractivity contribution is 5.83. The van der Waals surface area contributed by atoms with Gasteiger partial charge in [0.2, 0.25) is 0 Å². The number of allylic oxidation sites excluding steroid dienone is 1. The van der Waals surface area contributed by atoms with Crippen molar-refractivity contribution in [3.05, 3.63) is 60.7 Å². The van der Waals surface area contributed by atoms with Gasteiger partial charge in [-0.25, -0.2) is 0 Å². The van der Waals surface area contributed by atoms with E-state index in [4.69, 9.17) is 0 Å². The Bertz CT molecular complexity index is 538. The molecule has 0 atom stereocenters. The van der Waals surface area contributed by atoms with Crippen LogP contribution in [-0.2, 0) is 0 Å². The molecule has 2 rings (SSSR count). The first-order valence-electron chi connectivity index (χ1n) is 4.99. The van der Waals surface area contributed by atoms with Crippen molar-refractivity contribution < 1.29 is 0 Å². The van der Waals surface area contributed by atoms with Crippen molar-refractivity contribution in [2.75, 3.05) is 0 Å². The van der Waals surface area contributed by atoms with Crippen LogP contribution < -0.4 is 0 Å². The van der Waals surface area contributed by atoms with Crippen LogP contribution in [0.3, 0.4) is 0 Å². The van der Waals surface area contributed by atoms with Gasteiger partial charge in [0, 0.05) is 12.0 Å². The number of hydrogen-bond acceptors (Lipinski definition) is 0. The van der Waals surface area contributed by atoms with Gasteiger partial charge in [-0.1, -0.05) is 48.2 Å². The summed E-state index contributed by atoms with van der Waals surface area (Å²) >= 11 is 0. The van der Waals surface area contributed by atoms with Gasteiger partial charge in [0.25, 0.3) is 0 Å². The Morgan fingerprint density at radius 3 is 2.67 bits per heavy atom. The van der Waals surface area contributed by atoms with Gasteiger partial charge < -0.3 is 0 Å². The summed E-state index contributed by atoms with van der Waals surface area (Å²) in [4.78, 5) is 0. The molecule has 2 aromatic carbocycles. The molecular weight excluding hydrogens is 180 g/mol. The zero-order valence-corrected chi connectivity index (χ0v) is 8.53. The summed E-state index contributed by atoms with van der Waals surface area (Å²) in [6.07, 6.45) is 2.56. The average molecular weight is 192 g/mol. The van der Waals surface area contributed by atoms with E-state index >= 15 is 0 Å². The Kier molecular flexibility index (Phi) is 2.85. The Hall–Kier alpha value is -2.00. The minimum atomic E-state index is 0.743. The highest BCUT2D eigenvalue weighted by Gasteiger charge is 1.91. The molecule has 0 N–H and O–H groups in total. The van der Waals surface area contributed by atoms with Crippen molar-refractivity contribution in [3.8, 4) is 11.8 Å². The average Bonchev–Trinajstić information content (AvgIpc) is 2.29. The minimum Gasteiger partial charge on any atom is -0.102 e. The molecule has 0 aliphatic heterocycles. The summed E-state index contributed by atoms with van der Waals surface area (Å²) in [5.74, 6) is 6.16. The molecule has 0 nitrogen and oxygen atoms in total. The van der Waals surface area contributed by atoms with Crippen LogP contribution in [-0.4, -0.2) is 0 Å². The lowest BCUT2D eigenvalue weighted by molar-refractivity contribution is 1.48. The normalized spacial score (nSPS) is 9.33. The summed E-state index contributed by atoms with van der Waals surface area (Å²) < 4.78 is 0. The lowest BCUT2D eigenvalue weighted by atomic mass is 10.1. The summed E-state index contributed by atoms with van der Waals surface area (Å²) in [6.45, 7) is 3.64. The van der Waals surface area contributed by atoms with Crippen molar-refractivity contribution in [2.45, 2.75) is 6.42 Å². The first-order chi connectivity index (χ1) is 7.40. The molecule has 0 fully saturated rings. The zero-order chi connectivity index (χ0) is 10.5. The van der Waals surface area contributed by atoms with E-state index < -0.39 is 0 Å². The van der Waals surface area contributed by atoms with Crippen LogP contribution in [0.25, 0.3) is 10.8 Å². The maximum atomic E-state index is 3.64. The van der Waals surface area contributed by atoms with Crippen LogP contribution in [0.4, 0.5) is 0 Å². The minimum absolute atomic E-state index is 0.743. The fraction of sp³-hybridized carbons (Fsp3) is 0.0667. The second-order valence-corrected chi connectivity index (χ2v) is 3.36. The summed E-state index contributed by atoms with van der Waals surface area (Å²) in [5, 5.41) is 2.50. The first kappa shape index (κ1) is 9.55. The molecule has 0 aromatic heterocycles. The van der Waals surface area contributed by atoms with Gasteiger partial charge >= 0.3 is 0 Å². The van der Waals surface area contributed by atoms with Gasteiger partial charge in [-0.15, -0.1) is 6.58 Å². The van der Waals surface area contributed by atoms with Crippen LogP contribution in [0.15, 0.2) is 55.1 Å². The number of fused-ring (bicyclic) bond motifs is 1. The zero-order valence-electron chi connectivity index (χ0n) is 8.53. The summed E-state index contributed by atoms with van der Waals surface area (Å²) in [5.41, 5.74) is 1.07. The van der Waals surface area contributed by atoms with Crippen LogP contribution in [0.5, 0.6) is 0 Å². The van der Waals surface area contributed by atoms with E-state index in [0.717, 1.165) is 12.0 Å². The van der Waals surface area contributed by atoms with Gasteiger partial charge in [0.05, 0.1) is 0 Å². The fourth-order valence-corrected chi connectivity index (χ4v) is 1.49. The lowest BCUT2D eigenvalue weighted by Crippen LogP contribution is -1.76. The highest BCUT2D eigenvalue weighted by Crippen LogP contribution is 2.14. The van der Waals surface area contributed by atoms with Crippen molar-refractivity contribution in [3.63, 3.8) is 0 Å². The van der Waals surface area contributed by atoms with E-state index in [1.807, 2.05) is 18.2 Å². The van der Waals surface area contributed by atoms with Gasteiger partial charge in [0.15, 0.2) is 0 Å². The van der Waals surface area contributed by atoms with E-state index in [1.165, 1.54) is 10.8 Å². The number of benzene rings is 2. The topological polar surface area (TPSA) is 0 Å². The quantitative estimate of drug-likeness (QED) is 0.476. The Morgan fingerprint density at radius 1 is 1.07 bits per heavy atom. The molecule has 0 aliphatic rings. The van der Waals surface area contributed by atoms with E-state index in [9.17, 15) is 0 Å². The molecule has 0 saturated carbocycles. The molecule has 0 bridgehead atoms. The second kappa shape index (κ2) is 4.48. The standard InChI is InChI=1S/C15H12/c1-2-3-4-7-13-10-11-14-8-5-6-9-15(14)12-13/h2,5-6,8-12H,1,3H2. The summed E-state index contributed by atoms with van der Waals surface area (Å²) in [6, 6.07) is 14.6. The smallest absolute Gasteiger partial charge is 0.0270 e. The third kappa shape index (κ3) is 2.27. The van der Waals surface area contributed by atoms with Crippen molar-refractivity contribution >= 4 is 10.8 Å². The number of hydrogen-bond donors (Lipinski definition) is 0. The first-order valence-corrected chi connectivity index (χ1v) is 4.99. The molecule has 0 radical (unpaired) electrons. The Morgan fingerprint density at radius 2 is 1.87 bits per heavy atom. The van der Waals surface area contributed by atoms with Gasteiger partial charge in [-0.3, -0.25) is 0 Å². The molecule has 0 amide bonds. The van der Waals surface area contributed by atoms with Crippen molar-refractivity contribution in [1.82, 2.24) is 0 Å². The lowest BCUT2D eigenvalue weighted by Gasteiger charge is -1.96. The SMILES string of the molecule is C=CCC#Cc1ccc2ccccc2c1. The third-order valence-electron chi connectivity index (χ3n) is 2.23. The third-order valence-corrected chi connectivity index (χ3v) is 2.23. The largest absolute Gasteiger partial charge is 0.102 e. The van der Waals surface area contributed by atoms with Crippen LogP contribution in [0.2, 0.25) is 0 Å². The molecule has 15 heavy (non-hydrogen) atoms. The maximum Gasteiger partial charge on any atom is 0.0270 e. The van der Waals surface area contributed by atoms with Crippen LogP contribution >= 0.6 is 0 Å². The Balaban J connectivity index is 2.40. The van der Waals surface area contributed by atoms with Crippen LogP contribution in [0.1, 0.15) is 12.0 Å². The summed E-state index contributed by atoms with van der Waals surface area (Å²) in [7, 11) is 0. The van der Waals surface area contributed by atoms with E-state index in [-0.39, 0.29) is 0 Å². The van der Waals surface area contributed by atoms with E-state index in [1.54, 1.807) is 0 Å². The molecule has 0 heteroatoms.